The normalized spacial score (nSPS) is 16.2. The highest BCUT2D eigenvalue weighted by Crippen LogP contribution is 2.22. The van der Waals surface area contributed by atoms with Crippen LogP contribution in [0.4, 0.5) is 0 Å². The second-order valence-corrected chi connectivity index (χ2v) is 6.93. The van der Waals surface area contributed by atoms with Gasteiger partial charge in [-0.15, -0.1) is 0 Å². The zero-order valence-electron chi connectivity index (χ0n) is 11.5. The first-order valence-corrected chi connectivity index (χ1v) is 8.60. The summed E-state index contributed by atoms with van der Waals surface area (Å²) in [5.41, 5.74) is 2.85. The molecule has 1 unspecified atom stereocenters. The van der Waals surface area contributed by atoms with E-state index < -0.39 is 0 Å². The molecule has 0 radical (unpaired) electrons. The number of benzene rings is 1. The van der Waals surface area contributed by atoms with Crippen molar-refractivity contribution in [1.29, 1.82) is 0 Å². The molecule has 0 amide bonds. The van der Waals surface area contributed by atoms with Crippen molar-refractivity contribution in [2.24, 2.45) is 5.92 Å². The molecule has 1 nitrogen and oxygen atoms in total. The van der Waals surface area contributed by atoms with Crippen LogP contribution in [0.2, 0.25) is 5.02 Å². The standard InChI is InChI=1S/C17H20ClNS/c18-16-3-1-13(2-4-16)9-15(11-19-17-5-6-17)10-14-7-8-20-12-14/h1-4,7-8,12,15,17,19H,5-6,9-11H2. The summed E-state index contributed by atoms with van der Waals surface area (Å²) >= 11 is 7.75. The van der Waals surface area contributed by atoms with Crippen molar-refractivity contribution in [2.45, 2.75) is 31.7 Å². The summed E-state index contributed by atoms with van der Waals surface area (Å²) < 4.78 is 0. The van der Waals surface area contributed by atoms with Crippen molar-refractivity contribution < 1.29 is 0 Å². The first kappa shape index (κ1) is 14.1. The molecule has 20 heavy (non-hydrogen) atoms. The molecule has 0 spiro atoms. The Bertz CT molecular complexity index is 516. The Morgan fingerprint density at radius 1 is 1.10 bits per heavy atom. The number of thiophene rings is 1. The molecule has 1 N–H and O–H groups in total. The number of hydrogen-bond donors (Lipinski definition) is 1. The molecule has 3 heteroatoms. The van der Waals surface area contributed by atoms with Crippen molar-refractivity contribution in [3.63, 3.8) is 0 Å². The van der Waals surface area contributed by atoms with Crippen molar-refractivity contribution in [3.05, 3.63) is 57.2 Å². The lowest BCUT2D eigenvalue weighted by atomic mass is 9.93. The zero-order chi connectivity index (χ0) is 13.8. The maximum absolute atomic E-state index is 5.96. The molecular weight excluding hydrogens is 286 g/mol. The Kier molecular flexibility index (Phi) is 4.77. The van der Waals surface area contributed by atoms with Gasteiger partial charge >= 0.3 is 0 Å². The van der Waals surface area contributed by atoms with Crippen molar-refractivity contribution >= 4 is 22.9 Å². The van der Waals surface area contributed by atoms with Gasteiger partial charge in [-0.25, -0.2) is 0 Å². The quantitative estimate of drug-likeness (QED) is 0.791. The highest BCUT2D eigenvalue weighted by Gasteiger charge is 2.22. The molecule has 1 heterocycles. The monoisotopic (exact) mass is 305 g/mol. The minimum Gasteiger partial charge on any atom is -0.314 e. The van der Waals surface area contributed by atoms with Crippen LogP contribution in [-0.4, -0.2) is 12.6 Å². The van der Waals surface area contributed by atoms with Gasteiger partial charge < -0.3 is 5.32 Å². The summed E-state index contributed by atoms with van der Waals surface area (Å²) in [4.78, 5) is 0. The summed E-state index contributed by atoms with van der Waals surface area (Å²) in [6, 6.07) is 11.3. The Morgan fingerprint density at radius 2 is 1.85 bits per heavy atom. The lowest BCUT2D eigenvalue weighted by Crippen LogP contribution is -2.27. The molecule has 1 aliphatic rings. The van der Waals surface area contributed by atoms with Crippen molar-refractivity contribution in [1.82, 2.24) is 5.32 Å². The highest BCUT2D eigenvalue weighted by molar-refractivity contribution is 7.07. The molecule has 1 fully saturated rings. The van der Waals surface area contributed by atoms with E-state index in [1.54, 1.807) is 11.3 Å². The van der Waals surface area contributed by atoms with Crippen LogP contribution in [0.3, 0.4) is 0 Å². The molecule has 1 atom stereocenters. The van der Waals surface area contributed by atoms with E-state index in [0.29, 0.717) is 5.92 Å². The fourth-order valence-electron chi connectivity index (χ4n) is 2.53. The predicted octanol–water partition coefficient (Wildman–Crippen LogP) is 4.55. The third kappa shape index (κ3) is 4.34. The Labute approximate surface area is 130 Å². The lowest BCUT2D eigenvalue weighted by molar-refractivity contribution is 0.469. The summed E-state index contributed by atoms with van der Waals surface area (Å²) in [6.45, 7) is 1.11. The minimum atomic E-state index is 0.659. The first-order chi connectivity index (χ1) is 9.79. The molecule has 0 aliphatic heterocycles. The summed E-state index contributed by atoms with van der Waals surface area (Å²) in [7, 11) is 0. The number of hydrogen-bond acceptors (Lipinski definition) is 2. The maximum Gasteiger partial charge on any atom is 0.0406 e. The van der Waals surface area contributed by atoms with Gasteiger partial charge in [0.1, 0.15) is 0 Å². The Morgan fingerprint density at radius 3 is 2.50 bits per heavy atom. The van der Waals surface area contributed by atoms with Crippen LogP contribution in [0.25, 0.3) is 0 Å². The summed E-state index contributed by atoms with van der Waals surface area (Å²) in [6.07, 6.45) is 4.98. The number of rotatable bonds is 7. The predicted molar refractivity (Wildman–Crippen MR) is 87.7 cm³/mol. The van der Waals surface area contributed by atoms with Gasteiger partial charge in [0.15, 0.2) is 0 Å². The van der Waals surface area contributed by atoms with Gasteiger partial charge in [-0.05, 0) is 78.2 Å². The van der Waals surface area contributed by atoms with Crippen molar-refractivity contribution in [3.8, 4) is 0 Å². The minimum absolute atomic E-state index is 0.659. The molecule has 0 bridgehead atoms. The molecular formula is C17H20ClNS. The van der Waals surface area contributed by atoms with E-state index in [9.17, 15) is 0 Å². The van der Waals surface area contributed by atoms with Gasteiger partial charge in [0.2, 0.25) is 0 Å². The summed E-state index contributed by atoms with van der Waals surface area (Å²) in [5, 5.41) is 8.94. The Hall–Kier alpha value is -0.830. The van der Waals surface area contributed by atoms with Crippen LogP contribution in [0, 0.1) is 5.92 Å². The third-order valence-corrected chi connectivity index (χ3v) is 4.80. The van der Waals surface area contributed by atoms with Gasteiger partial charge in [0.25, 0.3) is 0 Å². The lowest BCUT2D eigenvalue weighted by Gasteiger charge is -2.17. The maximum atomic E-state index is 5.96. The smallest absolute Gasteiger partial charge is 0.0406 e. The number of halogens is 1. The molecule has 1 aliphatic carbocycles. The van der Waals surface area contributed by atoms with Gasteiger partial charge in [0.05, 0.1) is 0 Å². The molecule has 1 saturated carbocycles. The largest absolute Gasteiger partial charge is 0.314 e. The van der Waals surface area contributed by atoms with Crippen molar-refractivity contribution in [2.75, 3.05) is 6.54 Å². The topological polar surface area (TPSA) is 12.0 Å². The van der Waals surface area contributed by atoms with E-state index in [1.807, 2.05) is 12.1 Å². The van der Waals surface area contributed by atoms with E-state index in [2.05, 4.69) is 34.3 Å². The van der Waals surface area contributed by atoms with Gasteiger partial charge in [-0.1, -0.05) is 23.7 Å². The van der Waals surface area contributed by atoms with Crippen LogP contribution in [-0.2, 0) is 12.8 Å². The van der Waals surface area contributed by atoms with Gasteiger partial charge in [-0.2, -0.15) is 11.3 Å². The fraction of sp³-hybridized carbons (Fsp3) is 0.412. The van der Waals surface area contributed by atoms with E-state index in [4.69, 9.17) is 11.6 Å². The second-order valence-electron chi connectivity index (χ2n) is 5.71. The average Bonchev–Trinajstić information content (AvgIpc) is 3.15. The molecule has 1 aromatic carbocycles. The van der Waals surface area contributed by atoms with Crippen LogP contribution in [0.5, 0.6) is 0 Å². The first-order valence-electron chi connectivity index (χ1n) is 7.28. The molecule has 3 rings (SSSR count). The SMILES string of the molecule is Clc1ccc(CC(CNC2CC2)Cc2ccsc2)cc1. The van der Waals surface area contributed by atoms with Crippen LogP contribution >= 0.6 is 22.9 Å². The number of nitrogens with one attached hydrogen (secondary N) is 1. The highest BCUT2D eigenvalue weighted by atomic mass is 35.5. The second kappa shape index (κ2) is 6.75. The summed E-state index contributed by atoms with van der Waals surface area (Å²) in [5.74, 6) is 0.659. The van der Waals surface area contributed by atoms with E-state index in [-0.39, 0.29) is 0 Å². The molecule has 106 valence electrons. The van der Waals surface area contributed by atoms with Crippen LogP contribution in [0.15, 0.2) is 41.1 Å². The van der Waals surface area contributed by atoms with E-state index in [0.717, 1.165) is 30.5 Å². The third-order valence-electron chi connectivity index (χ3n) is 3.81. The Balaban J connectivity index is 1.61. The van der Waals surface area contributed by atoms with Crippen LogP contribution in [0.1, 0.15) is 24.0 Å². The molecule has 0 saturated heterocycles. The molecule has 2 aromatic rings. The van der Waals surface area contributed by atoms with Crippen LogP contribution < -0.4 is 5.32 Å². The van der Waals surface area contributed by atoms with E-state index in [1.165, 1.54) is 24.0 Å². The zero-order valence-corrected chi connectivity index (χ0v) is 13.1. The fourth-order valence-corrected chi connectivity index (χ4v) is 3.34. The van der Waals surface area contributed by atoms with E-state index >= 15 is 0 Å². The van der Waals surface area contributed by atoms with Gasteiger partial charge in [-0.3, -0.25) is 0 Å². The average molecular weight is 306 g/mol. The molecule has 1 aromatic heterocycles. The van der Waals surface area contributed by atoms with Gasteiger partial charge in [0, 0.05) is 11.1 Å².